The number of carbonyl (C=O) groups is 1. The lowest BCUT2D eigenvalue weighted by atomic mass is 10.1. The van der Waals surface area contributed by atoms with Crippen LogP contribution < -0.4 is 9.64 Å². The summed E-state index contributed by atoms with van der Waals surface area (Å²) in [6.45, 7) is 1.12. The van der Waals surface area contributed by atoms with Crippen molar-refractivity contribution in [3.8, 4) is 5.75 Å². The fraction of sp³-hybridized carbons (Fsp3) is 0.278. The van der Waals surface area contributed by atoms with Gasteiger partial charge in [-0.3, -0.25) is 4.79 Å². The van der Waals surface area contributed by atoms with Crippen molar-refractivity contribution in [1.82, 2.24) is 0 Å². The third-order valence-corrected chi connectivity index (χ3v) is 5.43. The summed E-state index contributed by atoms with van der Waals surface area (Å²) in [6, 6.07) is 10.5. The van der Waals surface area contributed by atoms with E-state index in [1.165, 1.54) is 4.90 Å². The van der Waals surface area contributed by atoms with Gasteiger partial charge in [-0.25, -0.2) is 0 Å². The van der Waals surface area contributed by atoms with E-state index < -0.39 is 5.79 Å². The number of hydrogen-bond donors (Lipinski definition) is 0. The first kappa shape index (κ1) is 17.9. The SMILES string of the molecule is O=C1N(CCOc2ccccc2Cl)c2c(ccc(Cl)c2Cl)C12OCCO2. The largest absolute Gasteiger partial charge is 0.490 e. The molecule has 0 unspecified atom stereocenters. The smallest absolute Gasteiger partial charge is 0.292 e. The van der Waals surface area contributed by atoms with Crippen molar-refractivity contribution in [2.45, 2.75) is 5.79 Å². The van der Waals surface area contributed by atoms with E-state index in [1.807, 2.05) is 12.1 Å². The average Bonchev–Trinajstić information content (AvgIpc) is 3.21. The standard InChI is InChI=1S/C18H14Cl3NO4/c19-12-3-1-2-4-14(12)24-8-7-22-16-11(5-6-13(20)15(16)21)18(17(22)23)25-9-10-26-18/h1-6H,7-10H2. The first-order chi connectivity index (χ1) is 12.5. The maximum absolute atomic E-state index is 13.1. The fourth-order valence-corrected chi connectivity index (χ4v) is 3.79. The second kappa shape index (κ2) is 6.91. The lowest BCUT2D eigenvalue weighted by Crippen LogP contribution is -2.42. The highest BCUT2D eigenvalue weighted by molar-refractivity contribution is 6.44. The zero-order valence-corrected chi connectivity index (χ0v) is 15.8. The molecule has 0 aliphatic carbocycles. The van der Waals surface area contributed by atoms with Gasteiger partial charge < -0.3 is 19.1 Å². The molecule has 136 valence electrons. The molecule has 2 aliphatic heterocycles. The van der Waals surface area contributed by atoms with Crippen LogP contribution in [0.5, 0.6) is 5.75 Å². The molecule has 4 rings (SSSR count). The number of halogens is 3. The van der Waals surface area contributed by atoms with Gasteiger partial charge in [-0.1, -0.05) is 46.9 Å². The molecule has 0 saturated carbocycles. The van der Waals surface area contributed by atoms with Crippen LogP contribution in [0.2, 0.25) is 15.1 Å². The highest BCUT2D eigenvalue weighted by atomic mass is 35.5. The monoisotopic (exact) mass is 413 g/mol. The molecule has 0 N–H and O–H groups in total. The lowest BCUT2D eigenvalue weighted by Gasteiger charge is -2.22. The molecule has 0 bridgehead atoms. The predicted octanol–water partition coefficient (Wildman–Crippen LogP) is 4.27. The lowest BCUT2D eigenvalue weighted by molar-refractivity contribution is -0.180. The van der Waals surface area contributed by atoms with Crippen molar-refractivity contribution < 1.29 is 19.0 Å². The van der Waals surface area contributed by atoms with Crippen molar-refractivity contribution >= 4 is 46.4 Å². The van der Waals surface area contributed by atoms with Crippen molar-refractivity contribution in [2.75, 3.05) is 31.3 Å². The fourth-order valence-electron chi connectivity index (χ4n) is 3.18. The van der Waals surface area contributed by atoms with E-state index in [0.717, 1.165) is 0 Å². The van der Waals surface area contributed by atoms with E-state index >= 15 is 0 Å². The first-order valence-corrected chi connectivity index (χ1v) is 9.13. The third kappa shape index (κ3) is 2.75. The van der Waals surface area contributed by atoms with Crippen LogP contribution in [0.4, 0.5) is 5.69 Å². The number of rotatable bonds is 4. The minimum absolute atomic E-state index is 0.216. The Morgan fingerprint density at radius 1 is 1.04 bits per heavy atom. The Labute approximate surface area is 165 Å². The summed E-state index contributed by atoms with van der Waals surface area (Å²) in [5.41, 5.74) is 1.06. The van der Waals surface area contributed by atoms with Gasteiger partial charge in [0.15, 0.2) is 0 Å². The summed E-state index contributed by atoms with van der Waals surface area (Å²) >= 11 is 18.6. The molecule has 0 atom stereocenters. The van der Waals surface area contributed by atoms with Crippen LogP contribution >= 0.6 is 34.8 Å². The summed E-state index contributed by atoms with van der Waals surface area (Å²) in [6.07, 6.45) is 0. The summed E-state index contributed by atoms with van der Waals surface area (Å²) in [7, 11) is 0. The van der Waals surface area contributed by atoms with Crippen LogP contribution in [0.3, 0.4) is 0 Å². The molecule has 26 heavy (non-hydrogen) atoms. The van der Waals surface area contributed by atoms with Crippen molar-refractivity contribution in [1.29, 1.82) is 0 Å². The maximum Gasteiger partial charge on any atom is 0.292 e. The highest BCUT2D eigenvalue weighted by Gasteiger charge is 2.56. The Kier molecular flexibility index (Phi) is 4.75. The Morgan fingerprint density at radius 3 is 2.50 bits per heavy atom. The number of nitrogens with zero attached hydrogens (tertiary/aromatic N) is 1. The topological polar surface area (TPSA) is 48.0 Å². The second-order valence-corrected chi connectivity index (χ2v) is 7.00. The van der Waals surface area contributed by atoms with Gasteiger partial charge in [0.1, 0.15) is 12.4 Å². The van der Waals surface area contributed by atoms with Gasteiger partial charge in [0.05, 0.1) is 40.5 Å². The van der Waals surface area contributed by atoms with Gasteiger partial charge in [0, 0.05) is 5.56 Å². The average molecular weight is 415 g/mol. The number of para-hydroxylation sites is 1. The molecule has 2 heterocycles. The van der Waals surface area contributed by atoms with E-state index in [0.29, 0.717) is 40.3 Å². The number of anilines is 1. The molecule has 1 amide bonds. The van der Waals surface area contributed by atoms with Gasteiger partial charge in [0.2, 0.25) is 0 Å². The molecule has 1 spiro atoms. The van der Waals surface area contributed by atoms with E-state index in [1.54, 1.807) is 24.3 Å². The second-order valence-electron chi connectivity index (χ2n) is 5.81. The first-order valence-electron chi connectivity index (χ1n) is 8.00. The number of fused-ring (bicyclic) bond motifs is 2. The predicted molar refractivity (Wildman–Crippen MR) is 99.3 cm³/mol. The Balaban J connectivity index is 1.62. The van der Waals surface area contributed by atoms with Gasteiger partial charge in [-0.15, -0.1) is 0 Å². The van der Waals surface area contributed by atoms with Crippen molar-refractivity contribution in [2.24, 2.45) is 0 Å². The number of carbonyl (C=O) groups excluding carboxylic acids is 1. The molecule has 5 nitrogen and oxygen atoms in total. The Bertz CT molecular complexity index is 868. The summed E-state index contributed by atoms with van der Waals surface area (Å²) in [4.78, 5) is 14.5. The molecule has 2 aromatic carbocycles. The van der Waals surface area contributed by atoms with E-state index in [-0.39, 0.29) is 24.1 Å². The van der Waals surface area contributed by atoms with Crippen LogP contribution in [0.25, 0.3) is 0 Å². The molecular formula is C18H14Cl3NO4. The summed E-state index contributed by atoms with van der Waals surface area (Å²) in [5, 5.41) is 1.14. The highest BCUT2D eigenvalue weighted by Crippen LogP contribution is 2.50. The quantitative estimate of drug-likeness (QED) is 0.749. The number of amides is 1. The van der Waals surface area contributed by atoms with Crippen LogP contribution in [0.15, 0.2) is 36.4 Å². The molecule has 8 heteroatoms. The molecular weight excluding hydrogens is 401 g/mol. The van der Waals surface area contributed by atoms with Crippen LogP contribution in [0.1, 0.15) is 5.56 Å². The number of hydrogen-bond acceptors (Lipinski definition) is 4. The van der Waals surface area contributed by atoms with Crippen LogP contribution in [-0.2, 0) is 20.1 Å². The van der Waals surface area contributed by atoms with E-state index in [4.69, 9.17) is 49.0 Å². The molecule has 2 aliphatic rings. The normalized spacial score (nSPS) is 17.8. The van der Waals surface area contributed by atoms with Gasteiger partial charge in [-0.2, -0.15) is 0 Å². The summed E-state index contributed by atoms with van der Waals surface area (Å²) < 4.78 is 17.0. The summed E-state index contributed by atoms with van der Waals surface area (Å²) in [5.74, 6) is -1.24. The number of benzene rings is 2. The Hall–Kier alpha value is -1.50. The Morgan fingerprint density at radius 2 is 1.77 bits per heavy atom. The zero-order valence-electron chi connectivity index (χ0n) is 13.5. The van der Waals surface area contributed by atoms with E-state index in [9.17, 15) is 4.79 Å². The molecule has 2 aromatic rings. The number of ether oxygens (including phenoxy) is 3. The molecule has 1 fully saturated rings. The third-order valence-electron chi connectivity index (χ3n) is 4.32. The van der Waals surface area contributed by atoms with Gasteiger partial charge in [-0.05, 0) is 24.3 Å². The van der Waals surface area contributed by atoms with Crippen molar-refractivity contribution in [3.63, 3.8) is 0 Å². The van der Waals surface area contributed by atoms with E-state index in [2.05, 4.69) is 0 Å². The molecule has 1 saturated heterocycles. The molecule has 0 radical (unpaired) electrons. The van der Waals surface area contributed by atoms with Gasteiger partial charge >= 0.3 is 0 Å². The zero-order chi connectivity index (χ0) is 18.3. The maximum atomic E-state index is 13.1. The van der Waals surface area contributed by atoms with Crippen LogP contribution in [0, 0.1) is 0 Å². The minimum Gasteiger partial charge on any atom is -0.490 e. The molecule has 0 aromatic heterocycles. The minimum atomic E-state index is -1.45. The van der Waals surface area contributed by atoms with Gasteiger partial charge in [0.25, 0.3) is 11.7 Å². The van der Waals surface area contributed by atoms with Crippen LogP contribution in [-0.4, -0.2) is 32.3 Å². The van der Waals surface area contributed by atoms with Crippen molar-refractivity contribution in [3.05, 3.63) is 57.0 Å².